The molecule has 23 heavy (non-hydrogen) atoms. The summed E-state index contributed by atoms with van der Waals surface area (Å²) in [7, 11) is 0. The molecule has 1 aliphatic heterocycles. The second kappa shape index (κ2) is 7.61. The summed E-state index contributed by atoms with van der Waals surface area (Å²) in [6.07, 6.45) is 0.808. The summed E-state index contributed by atoms with van der Waals surface area (Å²) < 4.78 is 0. The quantitative estimate of drug-likeness (QED) is 0.926. The Labute approximate surface area is 143 Å². The second-order valence-electron chi connectivity index (χ2n) is 5.38. The molecule has 0 aromatic carbocycles. The minimum absolute atomic E-state index is 0.0526. The Morgan fingerprint density at radius 1 is 1.09 bits per heavy atom. The molecule has 0 bridgehead atoms. The van der Waals surface area contributed by atoms with Gasteiger partial charge in [0, 0.05) is 36.4 Å². The number of carbonyl (C=O) groups excluding carboxylic acids is 2. The SMILES string of the molecule is O=C(NCc1cccs1)N1CCCN(C(=O)c2ccsc2)CC1. The molecule has 3 amide bonds. The zero-order valence-electron chi connectivity index (χ0n) is 12.7. The van der Waals surface area contributed by atoms with E-state index in [1.807, 2.05) is 39.2 Å². The molecule has 2 aromatic heterocycles. The van der Waals surface area contributed by atoms with Crippen molar-refractivity contribution in [1.29, 1.82) is 0 Å². The van der Waals surface area contributed by atoms with Crippen molar-refractivity contribution in [2.24, 2.45) is 0 Å². The van der Waals surface area contributed by atoms with Crippen LogP contribution in [0.3, 0.4) is 0 Å². The highest BCUT2D eigenvalue weighted by Crippen LogP contribution is 2.13. The third-order valence-corrected chi connectivity index (χ3v) is 5.39. The van der Waals surface area contributed by atoms with Crippen LogP contribution in [0.15, 0.2) is 34.3 Å². The maximum absolute atomic E-state index is 12.4. The fourth-order valence-corrected chi connectivity index (χ4v) is 3.85. The van der Waals surface area contributed by atoms with E-state index in [0.29, 0.717) is 32.7 Å². The minimum Gasteiger partial charge on any atom is -0.337 e. The summed E-state index contributed by atoms with van der Waals surface area (Å²) in [5.74, 6) is 0.0621. The molecular weight excluding hydrogens is 330 g/mol. The molecule has 1 fully saturated rings. The highest BCUT2D eigenvalue weighted by atomic mass is 32.1. The molecule has 0 saturated carbocycles. The lowest BCUT2D eigenvalue weighted by Gasteiger charge is -2.22. The van der Waals surface area contributed by atoms with Crippen LogP contribution in [0.5, 0.6) is 0 Å². The Bertz CT molecular complexity index is 640. The topological polar surface area (TPSA) is 52.7 Å². The van der Waals surface area contributed by atoms with E-state index in [0.717, 1.165) is 16.9 Å². The van der Waals surface area contributed by atoms with Gasteiger partial charge < -0.3 is 15.1 Å². The first kappa shape index (κ1) is 16.0. The molecule has 7 heteroatoms. The molecule has 3 rings (SSSR count). The number of nitrogens with one attached hydrogen (secondary N) is 1. The van der Waals surface area contributed by atoms with Gasteiger partial charge in [-0.25, -0.2) is 4.79 Å². The Morgan fingerprint density at radius 2 is 1.91 bits per heavy atom. The van der Waals surface area contributed by atoms with Gasteiger partial charge in [-0.05, 0) is 29.3 Å². The van der Waals surface area contributed by atoms with Crippen LogP contribution >= 0.6 is 22.7 Å². The molecule has 0 radical (unpaired) electrons. The number of hydrogen-bond donors (Lipinski definition) is 1. The van der Waals surface area contributed by atoms with Crippen molar-refractivity contribution in [2.45, 2.75) is 13.0 Å². The van der Waals surface area contributed by atoms with E-state index >= 15 is 0 Å². The number of urea groups is 1. The fourth-order valence-electron chi connectivity index (χ4n) is 2.58. The third kappa shape index (κ3) is 4.11. The van der Waals surface area contributed by atoms with Crippen LogP contribution < -0.4 is 5.32 Å². The van der Waals surface area contributed by atoms with Gasteiger partial charge in [-0.2, -0.15) is 11.3 Å². The summed E-state index contributed by atoms with van der Waals surface area (Å²) in [5.41, 5.74) is 0.741. The predicted molar refractivity (Wildman–Crippen MR) is 93.0 cm³/mol. The zero-order valence-corrected chi connectivity index (χ0v) is 14.4. The number of amides is 3. The normalized spacial score (nSPS) is 15.3. The number of thiophene rings is 2. The molecule has 3 heterocycles. The highest BCUT2D eigenvalue weighted by Gasteiger charge is 2.22. The first-order chi connectivity index (χ1) is 11.2. The summed E-state index contributed by atoms with van der Waals surface area (Å²) in [4.78, 5) is 29.4. The average molecular weight is 349 g/mol. The van der Waals surface area contributed by atoms with Crippen LogP contribution in [0.4, 0.5) is 4.79 Å². The summed E-state index contributed by atoms with van der Waals surface area (Å²) in [6, 6.07) is 5.78. The molecule has 0 spiro atoms. The summed E-state index contributed by atoms with van der Waals surface area (Å²) in [5, 5.41) is 8.74. The van der Waals surface area contributed by atoms with Gasteiger partial charge in [0.05, 0.1) is 12.1 Å². The van der Waals surface area contributed by atoms with E-state index in [2.05, 4.69) is 5.32 Å². The maximum Gasteiger partial charge on any atom is 0.317 e. The van der Waals surface area contributed by atoms with Crippen molar-refractivity contribution in [3.8, 4) is 0 Å². The molecule has 1 saturated heterocycles. The van der Waals surface area contributed by atoms with Crippen LogP contribution in [-0.2, 0) is 6.54 Å². The molecule has 1 aliphatic rings. The summed E-state index contributed by atoms with van der Waals surface area (Å²) >= 11 is 3.16. The van der Waals surface area contributed by atoms with E-state index in [1.54, 1.807) is 16.2 Å². The van der Waals surface area contributed by atoms with E-state index in [4.69, 9.17) is 0 Å². The van der Waals surface area contributed by atoms with E-state index < -0.39 is 0 Å². The molecule has 1 N–H and O–H groups in total. The average Bonchev–Trinajstić information content (AvgIpc) is 3.22. The lowest BCUT2D eigenvalue weighted by Crippen LogP contribution is -2.42. The molecule has 0 unspecified atom stereocenters. The second-order valence-corrected chi connectivity index (χ2v) is 7.20. The molecule has 2 aromatic rings. The fraction of sp³-hybridized carbons (Fsp3) is 0.375. The maximum atomic E-state index is 12.4. The van der Waals surface area contributed by atoms with Crippen LogP contribution in [0, 0.1) is 0 Å². The van der Waals surface area contributed by atoms with Crippen LogP contribution in [0.1, 0.15) is 21.7 Å². The van der Waals surface area contributed by atoms with E-state index in [-0.39, 0.29) is 11.9 Å². The monoisotopic (exact) mass is 349 g/mol. The lowest BCUT2D eigenvalue weighted by atomic mass is 10.3. The third-order valence-electron chi connectivity index (χ3n) is 3.83. The Hall–Kier alpha value is -1.86. The molecule has 0 aliphatic carbocycles. The zero-order chi connectivity index (χ0) is 16.1. The van der Waals surface area contributed by atoms with Crippen molar-refractivity contribution in [2.75, 3.05) is 26.2 Å². The number of carbonyl (C=O) groups is 2. The van der Waals surface area contributed by atoms with Crippen LogP contribution in [0.2, 0.25) is 0 Å². The van der Waals surface area contributed by atoms with Gasteiger partial charge in [0.15, 0.2) is 0 Å². The largest absolute Gasteiger partial charge is 0.337 e. The number of nitrogens with zero attached hydrogens (tertiary/aromatic N) is 2. The van der Waals surface area contributed by atoms with Gasteiger partial charge in [0.2, 0.25) is 0 Å². The van der Waals surface area contributed by atoms with Gasteiger partial charge in [-0.15, -0.1) is 11.3 Å². The molecule has 0 atom stereocenters. The molecule has 122 valence electrons. The van der Waals surface area contributed by atoms with Crippen LogP contribution in [-0.4, -0.2) is 47.9 Å². The molecular formula is C16H19N3O2S2. The van der Waals surface area contributed by atoms with Gasteiger partial charge in [-0.3, -0.25) is 4.79 Å². The lowest BCUT2D eigenvalue weighted by molar-refractivity contribution is 0.0763. The number of hydrogen-bond acceptors (Lipinski definition) is 4. The van der Waals surface area contributed by atoms with Gasteiger partial charge in [0.1, 0.15) is 0 Å². The first-order valence-corrected chi connectivity index (χ1v) is 9.43. The van der Waals surface area contributed by atoms with E-state index in [1.165, 1.54) is 11.3 Å². The Morgan fingerprint density at radius 3 is 2.65 bits per heavy atom. The Balaban J connectivity index is 1.51. The van der Waals surface area contributed by atoms with Crippen molar-refractivity contribution in [3.63, 3.8) is 0 Å². The summed E-state index contributed by atoms with van der Waals surface area (Å²) in [6.45, 7) is 3.10. The van der Waals surface area contributed by atoms with Gasteiger partial charge in [0.25, 0.3) is 5.91 Å². The number of rotatable bonds is 3. The van der Waals surface area contributed by atoms with Gasteiger partial charge >= 0.3 is 6.03 Å². The van der Waals surface area contributed by atoms with Crippen LogP contribution in [0.25, 0.3) is 0 Å². The van der Waals surface area contributed by atoms with Crippen molar-refractivity contribution in [1.82, 2.24) is 15.1 Å². The van der Waals surface area contributed by atoms with Crippen molar-refractivity contribution >= 4 is 34.6 Å². The minimum atomic E-state index is -0.0526. The molecule has 5 nitrogen and oxygen atoms in total. The van der Waals surface area contributed by atoms with Crippen molar-refractivity contribution in [3.05, 3.63) is 44.8 Å². The highest BCUT2D eigenvalue weighted by molar-refractivity contribution is 7.09. The van der Waals surface area contributed by atoms with E-state index in [9.17, 15) is 9.59 Å². The first-order valence-electron chi connectivity index (χ1n) is 7.60. The van der Waals surface area contributed by atoms with Crippen molar-refractivity contribution < 1.29 is 9.59 Å². The smallest absolute Gasteiger partial charge is 0.317 e. The van der Waals surface area contributed by atoms with Gasteiger partial charge in [-0.1, -0.05) is 6.07 Å². The Kier molecular flexibility index (Phi) is 5.30. The predicted octanol–water partition coefficient (Wildman–Crippen LogP) is 2.87. The standard InChI is InChI=1S/C16H19N3O2S2/c20-15(13-4-10-22-12-13)18-5-2-6-19(8-7-18)16(21)17-11-14-3-1-9-23-14/h1,3-4,9-10,12H,2,5-8,11H2,(H,17,21).